The van der Waals surface area contributed by atoms with E-state index in [-0.39, 0.29) is 12.5 Å². The first kappa shape index (κ1) is 12.6. The molecule has 0 aliphatic rings. The van der Waals surface area contributed by atoms with Crippen molar-refractivity contribution in [1.82, 2.24) is 15.1 Å². The van der Waals surface area contributed by atoms with Crippen molar-refractivity contribution in [3.63, 3.8) is 0 Å². The number of aryl methyl sites for hydroxylation is 1. The summed E-state index contributed by atoms with van der Waals surface area (Å²) in [6.45, 7) is 7.31. The second kappa shape index (κ2) is 6.22. The highest BCUT2D eigenvalue weighted by Gasteiger charge is 2.13. The smallest absolute Gasteiger partial charge is 0.320 e. The van der Waals surface area contributed by atoms with Crippen LogP contribution in [0.3, 0.4) is 0 Å². The third kappa shape index (κ3) is 3.98. The number of carbonyl (C=O) groups is 1. The summed E-state index contributed by atoms with van der Waals surface area (Å²) in [6.07, 6.45) is 0. The molecule has 0 aromatic carbocycles. The molecule has 1 aromatic rings. The lowest BCUT2D eigenvalue weighted by molar-refractivity contribution is -0.144. The highest BCUT2D eigenvalue weighted by atomic mass is 16.5. The minimum atomic E-state index is -0.236. The average molecular weight is 227 g/mol. The van der Waals surface area contributed by atoms with Gasteiger partial charge in [0.15, 0.2) is 0 Å². The summed E-state index contributed by atoms with van der Waals surface area (Å²) in [5.74, 6) is 0.812. The Balaban J connectivity index is 2.45. The van der Waals surface area contributed by atoms with Gasteiger partial charge in [-0.2, -0.15) is 0 Å². The molecule has 0 unspecified atom stereocenters. The van der Waals surface area contributed by atoms with Crippen LogP contribution >= 0.6 is 0 Å². The van der Waals surface area contributed by atoms with Crippen LogP contribution < -0.4 is 0 Å². The van der Waals surface area contributed by atoms with Gasteiger partial charge in [-0.15, -0.1) is 10.2 Å². The zero-order valence-corrected chi connectivity index (χ0v) is 9.89. The number of aromatic nitrogens is 2. The van der Waals surface area contributed by atoms with E-state index in [4.69, 9.17) is 9.15 Å². The number of esters is 1. The van der Waals surface area contributed by atoms with Crippen LogP contribution in [0.5, 0.6) is 0 Å². The predicted octanol–water partition coefficient (Wildman–Crippen LogP) is 0.763. The minimum absolute atomic E-state index is 0.236. The monoisotopic (exact) mass is 227 g/mol. The van der Waals surface area contributed by atoms with Crippen molar-refractivity contribution in [2.45, 2.75) is 27.3 Å². The molecule has 0 spiro atoms. The van der Waals surface area contributed by atoms with Crippen molar-refractivity contribution in [1.29, 1.82) is 0 Å². The van der Waals surface area contributed by atoms with Crippen molar-refractivity contribution in [2.75, 3.05) is 19.7 Å². The third-order valence-corrected chi connectivity index (χ3v) is 2.03. The number of nitrogens with zero attached hydrogens (tertiary/aromatic N) is 3. The molecule has 16 heavy (non-hydrogen) atoms. The summed E-state index contributed by atoms with van der Waals surface area (Å²) in [6, 6.07) is 0. The molecule has 6 heteroatoms. The van der Waals surface area contributed by atoms with Crippen LogP contribution in [-0.4, -0.2) is 40.8 Å². The van der Waals surface area contributed by atoms with Gasteiger partial charge in [-0.05, 0) is 13.5 Å². The van der Waals surface area contributed by atoms with Crippen LogP contribution in [0.4, 0.5) is 0 Å². The van der Waals surface area contributed by atoms with Gasteiger partial charge >= 0.3 is 5.97 Å². The maximum absolute atomic E-state index is 11.3. The van der Waals surface area contributed by atoms with Crippen LogP contribution in [0.2, 0.25) is 0 Å². The van der Waals surface area contributed by atoms with Crippen molar-refractivity contribution >= 4 is 5.97 Å². The Morgan fingerprint density at radius 1 is 1.44 bits per heavy atom. The number of hydrogen-bond acceptors (Lipinski definition) is 6. The topological polar surface area (TPSA) is 68.5 Å². The van der Waals surface area contributed by atoms with E-state index in [2.05, 4.69) is 10.2 Å². The maximum atomic E-state index is 11.3. The lowest BCUT2D eigenvalue weighted by Crippen LogP contribution is -2.30. The van der Waals surface area contributed by atoms with Gasteiger partial charge in [-0.3, -0.25) is 9.69 Å². The number of carbonyl (C=O) groups excluding carboxylic acids is 1. The first-order chi connectivity index (χ1) is 7.65. The second-order valence-electron chi connectivity index (χ2n) is 3.32. The van der Waals surface area contributed by atoms with Gasteiger partial charge in [-0.1, -0.05) is 6.92 Å². The summed E-state index contributed by atoms with van der Waals surface area (Å²) in [5.41, 5.74) is 0. The van der Waals surface area contributed by atoms with E-state index in [1.165, 1.54) is 0 Å². The molecule has 0 aliphatic heterocycles. The normalized spacial score (nSPS) is 10.8. The number of ether oxygens (including phenoxy) is 1. The molecule has 0 bridgehead atoms. The molecule has 0 saturated carbocycles. The maximum Gasteiger partial charge on any atom is 0.320 e. The van der Waals surface area contributed by atoms with Gasteiger partial charge in [0, 0.05) is 6.92 Å². The first-order valence-corrected chi connectivity index (χ1v) is 5.32. The van der Waals surface area contributed by atoms with Crippen molar-refractivity contribution < 1.29 is 13.9 Å². The van der Waals surface area contributed by atoms with E-state index in [0.29, 0.717) is 24.9 Å². The number of likely N-dealkylation sites (N-methyl/N-ethyl adjacent to an activating group) is 1. The van der Waals surface area contributed by atoms with Crippen molar-refractivity contribution in [3.8, 4) is 0 Å². The minimum Gasteiger partial charge on any atom is -0.465 e. The SMILES string of the molecule is CCOC(=O)CN(CC)Cc1nnc(C)o1. The van der Waals surface area contributed by atoms with Crippen LogP contribution in [0, 0.1) is 6.92 Å². The van der Waals surface area contributed by atoms with E-state index in [1.807, 2.05) is 11.8 Å². The van der Waals surface area contributed by atoms with E-state index in [0.717, 1.165) is 6.54 Å². The van der Waals surface area contributed by atoms with Crippen LogP contribution in [0.1, 0.15) is 25.6 Å². The Morgan fingerprint density at radius 3 is 2.69 bits per heavy atom. The van der Waals surface area contributed by atoms with E-state index in [9.17, 15) is 4.79 Å². The molecule has 6 nitrogen and oxygen atoms in total. The van der Waals surface area contributed by atoms with Crippen LogP contribution in [0.15, 0.2) is 4.42 Å². The molecule has 1 rings (SSSR count). The van der Waals surface area contributed by atoms with E-state index in [1.54, 1.807) is 13.8 Å². The summed E-state index contributed by atoms with van der Waals surface area (Å²) in [7, 11) is 0. The standard InChI is InChI=1S/C10H17N3O3/c1-4-13(7-10(14)15-5-2)6-9-12-11-8(3)16-9/h4-7H2,1-3H3. The summed E-state index contributed by atoms with van der Waals surface area (Å²) >= 11 is 0. The fourth-order valence-electron chi connectivity index (χ4n) is 1.26. The lowest BCUT2D eigenvalue weighted by Gasteiger charge is -2.16. The Labute approximate surface area is 94.6 Å². The molecule has 1 heterocycles. The van der Waals surface area contributed by atoms with Crippen LogP contribution in [0.25, 0.3) is 0 Å². The first-order valence-electron chi connectivity index (χ1n) is 5.32. The van der Waals surface area contributed by atoms with Gasteiger partial charge in [0.2, 0.25) is 11.8 Å². The fourth-order valence-corrected chi connectivity index (χ4v) is 1.26. The summed E-state index contributed by atoms with van der Waals surface area (Å²) in [5, 5.41) is 7.61. The molecule has 0 N–H and O–H groups in total. The van der Waals surface area contributed by atoms with Gasteiger partial charge in [0.05, 0.1) is 19.7 Å². The number of hydrogen-bond donors (Lipinski definition) is 0. The Morgan fingerprint density at radius 2 is 2.19 bits per heavy atom. The largest absolute Gasteiger partial charge is 0.465 e. The fraction of sp³-hybridized carbons (Fsp3) is 0.700. The van der Waals surface area contributed by atoms with Gasteiger partial charge < -0.3 is 9.15 Å². The lowest BCUT2D eigenvalue weighted by atomic mass is 10.4. The number of rotatable bonds is 6. The highest BCUT2D eigenvalue weighted by Crippen LogP contribution is 2.03. The average Bonchev–Trinajstić information content (AvgIpc) is 2.63. The predicted molar refractivity (Wildman–Crippen MR) is 56.6 cm³/mol. The highest BCUT2D eigenvalue weighted by molar-refractivity contribution is 5.71. The molecule has 0 fully saturated rings. The van der Waals surface area contributed by atoms with Gasteiger partial charge in [0.25, 0.3) is 0 Å². The van der Waals surface area contributed by atoms with Crippen LogP contribution in [-0.2, 0) is 16.1 Å². The molecule has 0 saturated heterocycles. The van der Waals surface area contributed by atoms with Gasteiger partial charge in [0.1, 0.15) is 0 Å². The van der Waals surface area contributed by atoms with Crippen molar-refractivity contribution in [3.05, 3.63) is 11.8 Å². The Bertz CT molecular complexity index is 338. The third-order valence-electron chi connectivity index (χ3n) is 2.03. The van der Waals surface area contributed by atoms with Crippen molar-refractivity contribution in [2.24, 2.45) is 0 Å². The Hall–Kier alpha value is -1.43. The molecule has 0 atom stereocenters. The molecule has 1 aromatic heterocycles. The van der Waals surface area contributed by atoms with Gasteiger partial charge in [-0.25, -0.2) is 0 Å². The van der Waals surface area contributed by atoms with E-state index >= 15 is 0 Å². The Kier molecular flexibility index (Phi) is 4.91. The zero-order valence-electron chi connectivity index (χ0n) is 9.89. The summed E-state index contributed by atoms with van der Waals surface area (Å²) < 4.78 is 10.1. The summed E-state index contributed by atoms with van der Waals surface area (Å²) in [4.78, 5) is 13.2. The molecular formula is C10H17N3O3. The molecule has 90 valence electrons. The molecular weight excluding hydrogens is 210 g/mol. The molecule has 0 amide bonds. The quantitative estimate of drug-likeness (QED) is 0.668. The molecule has 0 radical (unpaired) electrons. The van der Waals surface area contributed by atoms with E-state index < -0.39 is 0 Å². The zero-order chi connectivity index (χ0) is 12.0. The second-order valence-corrected chi connectivity index (χ2v) is 3.32. The molecule has 0 aliphatic carbocycles.